The van der Waals surface area contributed by atoms with Crippen LogP contribution in [0.1, 0.15) is 33.4 Å². The summed E-state index contributed by atoms with van der Waals surface area (Å²) < 4.78 is 0. The van der Waals surface area contributed by atoms with Gasteiger partial charge in [-0.2, -0.15) is 0 Å². The number of carbonyl (C=O) groups is 1. The zero-order valence-electron chi connectivity index (χ0n) is 11.9. The number of pyridine rings is 1. The van der Waals surface area contributed by atoms with E-state index in [1.807, 2.05) is 6.92 Å². The van der Waals surface area contributed by atoms with Crippen LogP contribution in [-0.4, -0.2) is 22.5 Å². The normalized spacial score (nSPS) is 12.0. The van der Waals surface area contributed by atoms with E-state index in [4.69, 9.17) is 11.6 Å². The maximum Gasteiger partial charge on any atom is 0.253 e. The number of rotatable bonds is 4. The summed E-state index contributed by atoms with van der Waals surface area (Å²) in [7, 11) is 0. The molecule has 110 valence electrons. The molecule has 0 saturated carbocycles. The Bertz CT molecular complexity index is 658. The van der Waals surface area contributed by atoms with Crippen molar-refractivity contribution in [2.45, 2.75) is 20.0 Å². The third-order valence-corrected chi connectivity index (χ3v) is 3.53. The van der Waals surface area contributed by atoms with Gasteiger partial charge in [-0.05, 0) is 32.0 Å². The molecular formula is C16H17ClN2O2. The lowest BCUT2D eigenvalue weighted by Crippen LogP contribution is -2.29. The molecule has 1 aromatic heterocycles. The highest BCUT2D eigenvalue weighted by Gasteiger charge is 2.14. The number of hydrogen-bond donors (Lipinski definition) is 2. The largest absolute Gasteiger partial charge is 0.387 e. The van der Waals surface area contributed by atoms with Crippen molar-refractivity contribution >= 4 is 17.5 Å². The van der Waals surface area contributed by atoms with Crippen molar-refractivity contribution in [2.75, 3.05) is 6.54 Å². The smallest absolute Gasteiger partial charge is 0.253 e. The van der Waals surface area contributed by atoms with Crippen LogP contribution < -0.4 is 5.32 Å². The quantitative estimate of drug-likeness (QED) is 0.913. The van der Waals surface area contributed by atoms with Gasteiger partial charge in [-0.3, -0.25) is 9.78 Å². The maximum atomic E-state index is 12.1. The lowest BCUT2D eigenvalue weighted by molar-refractivity contribution is 0.0915. The Labute approximate surface area is 128 Å². The number of nitrogens with zero attached hydrogens (tertiary/aromatic N) is 1. The molecule has 0 fully saturated rings. The molecule has 21 heavy (non-hydrogen) atoms. The number of hydrogen-bond acceptors (Lipinski definition) is 3. The zero-order chi connectivity index (χ0) is 15.4. The molecule has 0 aliphatic carbocycles. The summed E-state index contributed by atoms with van der Waals surface area (Å²) >= 11 is 6.01. The molecule has 2 N–H and O–H groups in total. The van der Waals surface area contributed by atoms with Gasteiger partial charge >= 0.3 is 0 Å². The Hall–Kier alpha value is -1.91. The first-order chi connectivity index (χ1) is 9.99. The predicted molar refractivity (Wildman–Crippen MR) is 82.5 cm³/mol. The first-order valence-corrected chi connectivity index (χ1v) is 7.01. The van der Waals surface area contributed by atoms with Crippen molar-refractivity contribution in [2.24, 2.45) is 0 Å². The molecule has 5 heteroatoms. The molecule has 2 aromatic rings. The SMILES string of the molecule is Cc1ccc(C(=O)NCC(O)c2ccccc2Cl)c(C)n1. The number of amides is 1. The molecule has 0 aliphatic rings. The van der Waals surface area contributed by atoms with Gasteiger partial charge in [0.2, 0.25) is 0 Å². The molecule has 2 rings (SSSR count). The van der Waals surface area contributed by atoms with Gasteiger partial charge in [0, 0.05) is 22.8 Å². The van der Waals surface area contributed by atoms with Gasteiger partial charge in [0.1, 0.15) is 0 Å². The van der Waals surface area contributed by atoms with Crippen LogP contribution in [-0.2, 0) is 0 Å². The first kappa shape index (κ1) is 15.5. The van der Waals surface area contributed by atoms with E-state index in [1.54, 1.807) is 43.3 Å². The summed E-state index contributed by atoms with van der Waals surface area (Å²) in [6.07, 6.45) is -0.846. The van der Waals surface area contributed by atoms with E-state index in [1.165, 1.54) is 0 Å². The second kappa shape index (κ2) is 6.70. The number of aryl methyl sites for hydroxylation is 2. The third-order valence-electron chi connectivity index (χ3n) is 3.19. The second-order valence-electron chi connectivity index (χ2n) is 4.83. The Morgan fingerprint density at radius 1 is 1.29 bits per heavy atom. The predicted octanol–water partition coefficient (Wildman–Crippen LogP) is 2.82. The van der Waals surface area contributed by atoms with E-state index in [0.717, 1.165) is 5.69 Å². The summed E-state index contributed by atoms with van der Waals surface area (Å²) in [6, 6.07) is 10.5. The minimum Gasteiger partial charge on any atom is -0.387 e. The van der Waals surface area contributed by atoms with E-state index in [2.05, 4.69) is 10.3 Å². The number of aromatic nitrogens is 1. The summed E-state index contributed by atoms with van der Waals surface area (Å²) in [4.78, 5) is 16.4. The fourth-order valence-electron chi connectivity index (χ4n) is 2.07. The van der Waals surface area contributed by atoms with Crippen molar-refractivity contribution in [3.05, 3.63) is 63.9 Å². The standard InChI is InChI=1S/C16H17ClN2O2/c1-10-7-8-12(11(2)19-10)16(21)18-9-15(20)13-5-3-4-6-14(13)17/h3-8,15,20H,9H2,1-2H3,(H,18,21). The molecule has 1 heterocycles. The zero-order valence-corrected chi connectivity index (χ0v) is 12.7. The number of nitrogens with one attached hydrogen (secondary N) is 1. The molecule has 1 atom stereocenters. The van der Waals surface area contributed by atoms with Crippen molar-refractivity contribution in [1.82, 2.24) is 10.3 Å². The van der Waals surface area contributed by atoms with Crippen molar-refractivity contribution in [1.29, 1.82) is 0 Å². The van der Waals surface area contributed by atoms with Gasteiger partial charge in [0.25, 0.3) is 5.91 Å². The topological polar surface area (TPSA) is 62.2 Å². The van der Waals surface area contributed by atoms with Crippen molar-refractivity contribution < 1.29 is 9.90 Å². The Morgan fingerprint density at radius 3 is 2.67 bits per heavy atom. The number of aliphatic hydroxyl groups excluding tert-OH is 1. The monoisotopic (exact) mass is 304 g/mol. The molecule has 4 nitrogen and oxygen atoms in total. The molecular weight excluding hydrogens is 288 g/mol. The second-order valence-corrected chi connectivity index (χ2v) is 5.24. The van der Waals surface area contributed by atoms with Gasteiger partial charge in [0.05, 0.1) is 17.4 Å². The molecule has 0 saturated heterocycles. The Balaban J connectivity index is 2.02. The molecule has 1 aromatic carbocycles. The number of carbonyl (C=O) groups excluding carboxylic acids is 1. The summed E-state index contributed by atoms with van der Waals surface area (Å²) in [6.45, 7) is 3.75. The summed E-state index contributed by atoms with van der Waals surface area (Å²) in [5, 5.41) is 13.3. The van der Waals surface area contributed by atoms with Crippen molar-refractivity contribution in [3.63, 3.8) is 0 Å². The van der Waals surface area contributed by atoms with Gasteiger partial charge in [-0.25, -0.2) is 0 Å². The average molecular weight is 305 g/mol. The lowest BCUT2D eigenvalue weighted by atomic mass is 10.1. The molecule has 0 bridgehead atoms. The van der Waals surface area contributed by atoms with Crippen LogP contribution in [0.4, 0.5) is 0 Å². The van der Waals surface area contributed by atoms with Crippen LogP contribution in [0.15, 0.2) is 36.4 Å². The summed E-state index contributed by atoms with van der Waals surface area (Å²) in [5.41, 5.74) is 2.63. The highest BCUT2D eigenvalue weighted by atomic mass is 35.5. The van der Waals surface area contributed by atoms with Crippen LogP contribution in [0, 0.1) is 13.8 Å². The van der Waals surface area contributed by atoms with Crippen LogP contribution in [0.3, 0.4) is 0 Å². The molecule has 0 aliphatic heterocycles. The molecule has 0 spiro atoms. The van der Waals surface area contributed by atoms with E-state index in [-0.39, 0.29) is 12.5 Å². The highest BCUT2D eigenvalue weighted by molar-refractivity contribution is 6.31. The fourth-order valence-corrected chi connectivity index (χ4v) is 2.33. The Kier molecular flexibility index (Phi) is 4.94. The summed E-state index contributed by atoms with van der Waals surface area (Å²) in [5.74, 6) is -0.258. The fraction of sp³-hybridized carbons (Fsp3) is 0.250. The highest BCUT2D eigenvalue weighted by Crippen LogP contribution is 2.21. The molecule has 0 radical (unpaired) electrons. The minimum absolute atomic E-state index is 0.0931. The number of aliphatic hydroxyl groups is 1. The van der Waals surface area contributed by atoms with Crippen molar-refractivity contribution in [3.8, 4) is 0 Å². The molecule has 1 unspecified atom stereocenters. The van der Waals surface area contributed by atoms with Gasteiger partial charge in [-0.1, -0.05) is 29.8 Å². The maximum absolute atomic E-state index is 12.1. The molecule has 1 amide bonds. The van der Waals surface area contributed by atoms with Crippen LogP contribution in [0.2, 0.25) is 5.02 Å². The van der Waals surface area contributed by atoms with E-state index >= 15 is 0 Å². The third kappa shape index (κ3) is 3.80. The number of benzene rings is 1. The minimum atomic E-state index is -0.846. The van der Waals surface area contributed by atoms with Gasteiger partial charge in [-0.15, -0.1) is 0 Å². The van der Waals surface area contributed by atoms with E-state index in [0.29, 0.717) is 21.8 Å². The number of halogens is 1. The lowest BCUT2D eigenvalue weighted by Gasteiger charge is -2.14. The van der Waals surface area contributed by atoms with Gasteiger partial charge < -0.3 is 10.4 Å². The van der Waals surface area contributed by atoms with E-state index in [9.17, 15) is 9.90 Å². The Morgan fingerprint density at radius 2 is 2.00 bits per heavy atom. The first-order valence-electron chi connectivity index (χ1n) is 6.64. The average Bonchev–Trinajstić information content (AvgIpc) is 2.45. The van der Waals surface area contributed by atoms with Gasteiger partial charge in [0.15, 0.2) is 0 Å². The van der Waals surface area contributed by atoms with E-state index < -0.39 is 6.10 Å². The van der Waals surface area contributed by atoms with Crippen LogP contribution >= 0.6 is 11.6 Å². The van der Waals surface area contributed by atoms with Crippen LogP contribution in [0.5, 0.6) is 0 Å². The van der Waals surface area contributed by atoms with Crippen LogP contribution in [0.25, 0.3) is 0 Å².